The Hall–Kier alpha value is -4.53. The van der Waals surface area contributed by atoms with E-state index in [1.807, 2.05) is 4.90 Å². The van der Waals surface area contributed by atoms with Gasteiger partial charge in [-0.1, -0.05) is 12.1 Å². The van der Waals surface area contributed by atoms with Crippen LogP contribution in [-0.2, 0) is 20.5 Å². The van der Waals surface area contributed by atoms with Crippen molar-refractivity contribution in [2.24, 2.45) is 5.92 Å². The number of carboxylic acid groups (broad SMARTS) is 1. The fourth-order valence-corrected chi connectivity index (χ4v) is 10.3. The van der Waals surface area contributed by atoms with Crippen LogP contribution in [0.4, 0.5) is 14.9 Å². The van der Waals surface area contributed by atoms with E-state index >= 15 is 4.39 Å². The summed E-state index contributed by atoms with van der Waals surface area (Å²) in [4.78, 5) is 81.9. The number of benzene rings is 2. The molecule has 4 heterocycles. The lowest BCUT2D eigenvalue weighted by Gasteiger charge is -2.35. The van der Waals surface area contributed by atoms with Crippen molar-refractivity contribution in [3.63, 3.8) is 0 Å². The van der Waals surface area contributed by atoms with Crippen LogP contribution in [0.2, 0.25) is 0 Å². The Kier molecular flexibility index (Phi) is 8.83. The Morgan fingerprint density at radius 1 is 1.00 bits per heavy atom. The minimum atomic E-state index is -4.79. The van der Waals surface area contributed by atoms with Gasteiger partial charge in [-0.3, -0.25) is 13.9 Å². The van der Waals surface area contributed by atoms with Crippen LogP contribution < -0.4 is 21.5 Å². The van der Waals surface area contributed by atoms with E-state index in [2.05, 4.69) is 0 Å². The smallest absolute Gasteiger partial charge is 0.477 e. The van der Waals surface area contributed by atoms with Crippen molar-refractivity contribution >= 4 is 48.9 Å². The molecule has 1 saturated carbocycles. The number of rotatable bonds is 9. The Balaban J connectivity index is 1.08. The summed E-state index contributed by atoms with van der Waals surface area (Å²) in [6.45, 7) is 0.528. The van der Waals surface area contributed by atoms with E-state index in [4.69, 9.17) is 23.4 Å². The van der Waals surface area contributed by atoms with Gasteiger partial charge in [0.2, 0.25) is 12.8 Å². The van der Waals surface area contributed by atoms with Gasteiger partial charge in [0.05, 0.1) is 17.2 Å². The molecule has 3 aliphatic rings. The number of hydrogen-bond donors (Lipinski definition) is 4. The number of halogens is 1. The van der Waals surface area contributed by atoms with Crippen LogP contribution in [0.5, 0.6) is 0 Å². The number of ether oxygens (including phenoxy) is 1. The quantitative estimate of drug-likeness (QED) is 0.179. The summed E-state index contributed by atoms with van der Waals surface area (Å²) < 4.78 is 56.9. The second-order valence-electron chi connectivity index (χ2n) is 13.0. The van der Waals surface area contributed by atoms with Crippen molar-refractivity contribution in [1.29, 1.82) is 0 Å². The van der Waals surface area contributed by atoms with Crippen LogP contribution in [0.3, 0.4) is 0 Å². The third kappa shape index (κ3) is 6.91. The maximum Gasteiger partial charge on any atom is 0.519 e. The van der Waals surface area contributed by atoms with E-state index in [1.54, 1.807) is 15.5 Å². The van der Waals surface area contributed by atoms with Gasteiger partial charge in [0, 0.05) is 48.1 Å². The number of carbonyl (C=O) groups is 2. The van der Waals surface area contributed by atoms with Crippen molar-refractivity contribution < 1.29 is 56.5 Å². The first-order chi connectivity index (χ1) is 24.1. The van der Waals surface area contributed by atoms with Crippen molar-refractivity contribution in [3.8, 4) is 11.3 Å². The van der Waals surface area contributed by atoms with Crippen LogP contribution >= 0.6 is 15.0 Å². The Bertz CT molecular complexity index is 2270. The molecule has 2 saturated heterocycles. The van der Waals surface area contributed by atoms with E-state index in [0.29, 0.717) is 25.0 Å². The number of carbonyl (C=O) groups excluding carboxylic acids is 1. The lowest BCUT2D eigenvalue weighted by atomic mass is 9.92. The fourth-order valence-electron chi connectivity index (χ4n) is 7.02. The summed E-state index contributed by atoms with van der Waals surface area (Å²) in [6, 6.07) is 7.21. The molecule has 3 unspecified atom stereocenters. The Morgan fingerprint density at radius 3 is 2.39 bits per heavy atom. The summed E-state index contributed by atoms with van der Waals surface area (Å²) in [6.07, 6.45) is 3.63. The molecule has 0 spiro atoms. The molecule has 2 aromatic heterocycles. The van der Waals surface area contributed by atoms with Gasteiger partial charge in [-0.25, -0.2) is 18.8 Å². The predicted octanol–water partition coefficient (Wildman–Crippen LogP) is 3.66. The lowest BCUT2D eigenvalue weighted by Crippen LogP contribution is -2.48. The molecule has 19 heteroatoms. The standard InChI is InChI=1S/C32H32FN3O13P2/c33-23-10-21-24(36(19-5-6-19)13-22(28(21)37)30(38)39)11-25(23)34-12-18-2-1-9-35(26(18)14-34)31(40)47-15-27-29(49-32(41)48-27)17-3-7-20(8-4-17)50(42,43)16-51(44,45)46/h3-4,7-8,10-11,13,18-19,26H,1-2,5-6,9,12,14-16H2,(H,38,39)(H,42,43)(H2,44,45,46). The summed E-state index contributed by atoms with van der Waals surface area (Å²) in [5.41, 5.74) is -0.297. The van der Waals surface area contributed by atoms with Crippen molar-refractivity contribution in [2.75, 3.05) is 30.4 Å². The Labute approximate surface area is 287 Å². The van der Waals surface area contributed by atoms with Crippen LogP contribution in [0.1, 0.15) is 47.8 Å². The monoisotopic (exact) mass is 747 g/mol. The van der Waals surface area contributed by atoms with Gasteiger partial charge in [-0.05, 0) is 55.9 Å². The molecule has 0 bridgehead atoms. The number of pyridine rings is 1. The molecule has 7 rings (SSSR count). The average Bonchev–Trinajstić information content (AvgIpc) is 3.70. The van der Waals surface area contributed by atoms with Crippen LogP contribution in [-0.4, -0.2) is 72.9 Å². The number of amides is 1. The molecule has 4 aromatic rings. The first-order valence-corrected chi connectivity index (χ1v) is 19.6. The van der Waals surface area contributed by atoms with Gasteiger partial charge in [0.25, 0.3) is 0 Å². The number of nitrogens with zero attached hydrogens (tertiary/aromatic N) is 3. The van der Waals surface area contributed by atoms with Crippen LogP contribution in [0, 0.1) is 11.7 Å². The van der Waals surface area contributed by atoms with Gasteiger partial charge in [-0.15, -0.1) is 0 Å². The highest BCUT2D eigenvalue weighted by Crippen LogP contribution is 2.54. The molecule has 16 nitrogen and oxygen atoms in total. The maximum absolute atomic E-state index is 15.7. The summed E-state index contributed by atoms with van der Waals surface area (Å²) in [5.74, 6) is -4.69. The van der Waals surface area contributed by atoms with E-state index in [0.717, 1.165) is 37.5 Å². The number of anilines is 1. The number of aromatic nitrogens is 1. The minimum Gasteiger partial charge on any atom is -0.477 e. The minimum absolute atomic E-state index is 0.00940. The second-order valence-corrected chi connectivity index (χ2v) is 17.4. The zero-order valence-corrected chi connectivity index (χ0v) is 28.5. The van der Waals surface area contributed by atoms with E-state index < -0.39 is 62.2 Å². The number of hydrogen-bond acceptors (Lipinski definition) is 10. The highest BCUT2D eigenvalue weighted by molar-refractivity contribution is 7.77. The zero-order chi connectivity index (χ0) is 36.4. The molecule has 2 aliphatic heterocycles. The fraction of sp³-hybridized carbons (Fsp3) is 0.375. The largest absolute Gasteiger partial charge is 0.519 e. The number of fused-ring (bicyclic) bond motifs is 2. The van der Waals surface area contributed by atoms with Crippen LogP contribution in [0.15, 0.2) is 61.0 Å². The first-order valence-electron chi connectivity index (χ1n) is 16.0. The lowest BCUT2D eigenvalue weighted by molar-refractivity contribution is 0.0571. The number of carboxylic acids is 1. The SMILES string of the molecule is O=C(O)c1cn(C2CC2)c2cc(N3CC4CCCN(C(=O)OCc5oc(=O)oc5-c5ccc(P(=O)(O)CP(=O)(O)O)cc5)C4C3)c(F)cc2c1=O. The number of piperidine rings is 1. The van der Waals surface area contributed by atoms with Gasteiger partial charge in [0.15, 0.2) is 18.1 Å². The molecule has 2 aromatic carbocycles. The number of aromatic carboxylic acids is 1. The van der Waals surface area contributed by atoms with Crippen molar-refractivity contribution in [3.05, 3.63) is 80.6 Å². The summed E-state index contributed by atoms with van der Waals surface area (Å²) in [5, 5.41) is 9.31. The molecule has 51 heavy (non-hydrogen) atoms. The topological polar surface area (TPSA) is 230 Å². The average molecular weight is 748 g/mol. The van der Waals surface area contributed by atoms with E-state index in [1.165, 1.54) is 18.3 Å². The molecule has 270 valence electrons. The zero-order valence-electron chi connectivity index (χ0n) is 26.7. The van der Waals surface area contributed by atoms with Gasteiger partial charge >= 0.3 is 25.5 Å². The molecular weight excluding hydrogens is 715 g/mol. The van der Waals surface area contributed by atoms with Crippen LogP contribution in [0.25, 0.3) is 22.2 Å². The third-order valence-electron chi connectivity index (χ3n) is 9.51. The predicted molar refractivity (Wildman–Crippen MR) is 178 cm³/mol. The van der Waals surface area contributed by atoms with Gasteiger partial charge in [0.1, 0.15) is 17.3 Å². The first kappa shape index (κ1) is 34.9. The van der Waals surface area contributed by atoms with Gasteiger partial charge < -0.3 is 47.7 Å². The molecule has 0 radical (unpaired) electrons. The summed E-state index contributed by atoms with van der Waals surface area (Å²) >= 11 is 0. The molecule has 4 N–H and O–H groups in total. The normalized spacial score (nSPS) is 20.3. The summed E-state index contributed by atoms with van der Waals surface area (Å²) in [7, 11) is -9.19. The molecule has 1 aliphatic carbocycles. The highest BCUT2D eigenvalue weighted by Gasteiger charge is 2.43. The second kappa shape index (κ2) is 12.9. The highest BCUT2D eigenvalue weighted by atomic mass is 31.2. The number of likely N-dealkylation sites (tertiary alicyclic amines) is 1. The molecule has 3 atom stereocenters. The molecular formula is C32H32FN3O13P2. The van der Waals surface area contributed by atoms with E-state index in [9.17, 15) is 38.3 Å². The maximum atomic E-state index is 15.7. The van der Waals surface area contributed by atoms with Crippen molar-refractivity contribution in [1.82, 2.24) is 9.47 Å². The molecule has 3 fully saturated rings. The van der Waals surface area contributed by atoms with E-state index in [-0.39, 0.29) is 58.0 Å². The Morgan fingerprint density at radius 2 is 1.73 bits per heavy atom. The molecule has 1 amide bonds. The van der Waals surface area contributed by atoms with Gasteiger partial charge in [-0.2, -0.15) is 0 Å². The van der Waals surface area contributed by atoms with Crippen molar-refractivity contribution in [2.45, 2.75) is 44.4 Å². The third-order valence-corrected chi connectivity index (χ3v) is 13.6.